The largest absolute Gasteiger partial charge is 0.497 e. The van der Waals surface area contributed by atoms with Crippen LogP contribution in [-0.2, 0) is 0 Å². The summed E-state index contributed by atoms with van der Waals surface area (Å²) in [4.78, 5) is 11.7. The molecule has 3 aromatic rings. The number of piperidine rings is 1. The van der Waals surface area contributed by atoms with E-state index in [2.05, 4.69) is 15.0 Å². The molecule has 2 aromatic heterocycles. The van der Waals surface area contributed by atoms with Crippen molar-refractivity contribution in [2.75, 3.05) is 25.1 Å². The second-order valence-corrected chi connectivity index (χ2v) is 6.13. The van der Waals surface area contributed by atoms with Gasteiger partial charge in [-0.2, -0.15) is 5.10 Å². The fourth-order valence-corrected chi connectivity index (χ4v) is 3.26. The van der Waals surface area contributed by atoms with Crippen molar-refractivity contribution in [1.82, 2.24) is 19.7 Å². The Bertz CT molecular complexity index is 850. The van der Waals surface area contributed by atoms with E-state index in [1.807, 2.05) is 42.1 Å². The topological polar surface area (TPSA) is 56.1 Å². The predicted molar refractivity (Wildman–Crippen MR) is 94.0 cm³/mol. The third-order valence-corrected chi connectivity index (χ3v) is 4.49. The van der Waals surface area contributed by atoms with E-state index in [4.69, 9.17) is 9.72 Å². The first kappa shape index (κ1) is 14.9. The molecule has 6 nitrogen and oxygen atoms in total. The first-order valence-electron chi connectivity index (χ1n) is 8.38. The Labute approximate surface area is 141 Å². The van der Waals surface area contributed by atoms with Crippen LogP contribution in [0.5, 0.6) is 5.75 Å². The molecule has 6 heteroatoms. The Morgan fingerprint density at radius 1 is 1.00 bits per heavy atom. The van der Waals surface area contributed by atoms with E-state index in [9.17, 15) is 0 Å². The highest BCUT2D eigenvalue weighted by Gasteiger charge is 2.19. The molecule has 1 aliphatic heterocycles. The van der Waals surface area contributed by atoms with Gasteiger partial charge in [-0.3, -0.25) is 0 Å². The van der Waals surface area contributed by atoms with Gasteiger partial charge in [0.2, 0.25) is 0 Å². The smallest absolute Gasteiger partial charge is 0.168 e. The molecule has 0 atom stereocenters. The molecule has 1 saturated heterocycles. The standard InChI is InChI=1S/C18H21N5O/c1-13-20-17(22-10-4-3-5-11-22)16-12-19-23(18(16)21-13)14-6-8-15(24-2)9-7-14/h6-9,12H,3-5,10-11H2,1-2H3. The van der Waals surface area contributed by atoms with Crippen molar-refractivity contribution in [3.63, 3.8) is 0 Å². The van der Waals surface area contributed by atoms with Crippen molar-refractivity contribution in [1.29, 1.82) is 0 Å². The molecule has 0 aliphatic carbocycles. The molecule has 1 aromatic carbocycles. The zero-order valence-corrected chi connectivity index (χ0v) is 14.1. The van der Waals surface area contributed by atoms with E-state index in [0.29, 0.717) is 0 Å². The number of nitrogens with zero attached hydrogens (tertiary/aromatic N) is 5. The Morgan fingerprint density at radius 3 is 2.46 bits per heavy atom. The van der Waals surface area contributed by atoms with Crippen molar-refractivity contribution in [3.8, 4) is 11.4 Å². The molecule has 0 amide bonds. The lowest BCUT2D eigenvalue weighted by molar-refractivity contribution is 0.414. The second-order valence-electron chi connectivity index (χ2n) is 6.13. The second kappa shape index (κ2) is 6.11. The third-order valence-electron chi connectivity index (χ3n) is 4.49. The van der Waals surface area contributed by atoms with E-state index in [0.717, 1.165) is 47.2 Å². The van der Waals surface area contributed by atoms with Crippen LogP contribution >= 0.6 is 0 Å². The van der Waals surface area contributed by atoms with E-state index in [1.165, 1.54) is 19.3 Å². The Balaban J connectivity index is 1.81. The van der Waals surface area contributed by atoms with Crippen molar-refractivity contribution < 1.29 is 4.74 Å². The molecule has 0 saturated carbocycles. The highest BCUT2D eigenvalue weighted by Crippen LogP contribution is 2.28. The average molecular weight is 323 g/mol. The number of hydrogen-bond donors (Lipinski definition) is 0. The van der Waals surface area contributed by atoms with Crippen molar-refractivity contribution in [2.45, 2.75) is 26.2 Å². The Morgan fingerprint density at radius 2 is 1.75 bits per heavy atom. The first-order valence-corrected chi connectivity index (χ1v) is 8.38. The number of ether oxygens (including phenoxy) is 1. The molecule has 0 bridgehead atoms. The molecular formula is C18H21N5O. The molecule has 3 heterocycles. The van der Waals surface area contributed by atoms with Gasteiger partial charge in [0.15, 0.2) is 5.65 Å². The maximum absolute atomic E-state index is 5.23. The zero-order valence-electron chi connectivity index (χ0n) is 14.1. The number of aromatic nitrogens is 4. The van der Waals surface area contributed by atoms with Crippen LogP contribution < -0.4 is 9.64 Å². The number of rotatable bonds is 3. The van der Waals surface area contributed by atoms with Gasteiger partial charge in [0.25, 0.3) is 0 Å². The van der Waals surface area contributed by atoms with Crippen LogP contribution in [0.2, 0.25) is 0 Å². The number of hydrogen-bond acceptors (Lipinski definition) is 5. The number of fused-ring (bicyclic) bond motifs is 1. The first-order chi connectivity index (χ1) is 11.8. The molecule has 0 N–H and O–H groups in total. The summed E-state index contributed by atoms with van der Waals surface area (Å²) < 4.78 is 7.10. The van der Waals surface area contributed by atoms with Crippen molar-refractivity contribution in [3.05, 3.63) is 36.3 Å². The summed E-state index contributed by atoms with van der Waals surface area (Å²) >= 11 is 0. The zero-order chi connectivity index (χ0) is 16.5. The maximum Gasteiger partial charge on any atom is 0.168 e. The quantitative estimate of drug-likeness (QED) is 0.741. The predicted octanol–water partition coefficient (Wildman–Crippen LogP) is 3.12. The summed E-state index contributed by atoms with van der Waals surface area (Å²) in [5, 5.41) is 5.58. The van der Waals surface area contributed by atoms with Crippen LogP contribution in [0.3, 0.4) is 0 Å². The highest BCUT2D eigenvalue weighted by molar-refractivity contribution is 5.88. The summed E-state index contributed by atoms with van der Waals surface area (Å²) in [6.45, 7) is 4.05. The van der Waals surface area contributed by atoms with Gasteiger partial charge in [-0.05, 0) is 50.5 Å². The number of methoxy groups -OCH3 is 1. The fourth-order valence-electron chi connectivity index (χ4n) is 3.26. The van der Waals surface area contributed by atoms with Crippen LogP contribution in [0, 0.1) is 6.92 Å². The fraction of sp³-hybridized carbons (Fsp3) is 0.389. The molecule has 0 spiro atoms. The monoisotopic (exact) mass is 323 g/mol. The van der Waals surface area contributed by atoms with Crippen molar-refractivity contribution in [2.24, 2.45) is 0 Å². The van der Waals surface area contributed by atoms with Gasteiger partial charge in [0.05, 0.1) is 24.4 Å². The lowest BCUT2D eigenvalue weighted by Crippen LogP contribution is -2.30. The molecule has 4 rings (SSSR count). The summed E-state index contributed by atoms with van der Waals surface area (Å²) in [6.07, 6.45) is 5.62. The van der Waals surface area contributed by atoms with E-state index < -0.39 is 0 Å². The van der Waals surface area contributed by atoms with Crippen LogP contribution in [0.4, 0.5) is 5.82 Å². The Kier molecular flexibility index (Phi) is 3.80. The third kappa shape index (κ3) is 2.58. The van der Waals surface area contributed by atoms with Gasteiger partial charge in [-0.25, -0.2) is 14.6 Å². The van der Waals surface area contributed by atoms with E-state index >= 15 is 0 Å². The van der Waals surface area contributed by atoms with Gasteiger partial charge < -0.3 is 9.64 Å². The van der Waals surface area contributed by atoms with Gasteiger partial charge in [0.1, 0.15) is 17.4 Å². The van der Waals surface area contributed by atoms with Crippen LogP contribution in [0.25, 0.3) is 16.7 Å². The number of benzene rings is 1. The highest BCUT2D eigenvalue weighted by atomic mass is 16.5. The van der Waals surface area contributed by atoms with E-state index in [-0.39, 0.29) is 0 Å². The molecule has 1 aliphatic rings. The van der Waals surface area contributed by atoms with Gasteiger partial charge in [-0.15, -0.1) is 0 Å². The normalized spacial score (nSPS) is 15.0. The summed E-state index contributed by atoms with van der Waals surface area (Å²) in [5.41, 5.74) is 1.82. The van der Waals surface area contributed by atoms with Gasteiger partial charge in [-0.1, -0.05) is 0 Å². The lowest BCUT2D eigenvalue weighted by atomic mass is 10.1. The summed E-state index contributed by atoms with van der Waals surface area (Å²) in [6, 6.07) is 7.84. The minimum atomic E-state index is 0.776. The van der Waals surface area contributed by atoms with Crippen molar-refractivity contribution >= 4 is 16.9 Å². The molecular weight excluding hydrogens is 302 g/mol. The number of aryl methyl sites for hydroxylation is 1. The molecule has 0 radical (unpaired) electrons. The minimum absolute atomic E-state index is 0.776. The average Bonchev–Trinajstić information content (AvgIpc) is 3.05. The lowest BCUT2D eigenvalue weighted by Gasteiger charge is -2.28. The molecule has 0 unspecified atom stereocenters. The minimum Gasteiger partial charge on any atom is -0.497 e. The van der Waals surface area contributed by atoms with Crippen LogP contribution in [0.1, 0.15) is 25.1 Å². The SMILES string of the molecule is COc1ccc(-n2ncc3c(N4CCCCC4)nc(C)nc32)cc1. The van der Waals surface area contributed by atoms with Gasteiger partial charge in [0, 0.05) is 13.1 Å². The summed E-state index contributed by atoms with van der Waals surface area (Å²) in [5.74, 6) is 2.62. The van der Waals surface area contributed by atoms with Gasteiger partial charge >= 0.3 is 0 Å². The van der Waals surface area contributed by atoms with Crippen LogP contribution in [-0.4, -0.2) is 39.9 Å². The molecule has 24 heavy (non-hydrogen) atoms. The van der Waals surface area contributed by atoms with E-state index in [1.54, 1.807) is 7.11 Å². The van der Waals surface area contributed by atoms with Crippen LogP contribution in [0.15, 0.2) is 30.5 Å². The Hall–Kier alpha value is -2.63. The molecule has 124 valence electrons. The summed E-state index contributed by atoms with van der Waals surface area (Å²) in [7, 11) is 1.67. The number of anilines is 1. The maximum atomic E-state index is 5.23. The molecule has 1 fully saturated rings.